The third-order valence-electron chi connectivity index (χ3n) is 4.21. The van der Waals surface area contributed by atoms with Gasteiger partial charge < -0.3 is 5.32 Å². The van der Waals surface area contributed by atoms with Gasteiger partial charge in [-0.2, -0.15) is 4.31 Å². The number of hydrogen-bond donors (Lipinski definition) is 1. The van der Waals surface area contributed by atoms with E-state index in [1.165, 1.54) is 40.7 Å². The van der Waals surface area contributed by atoms with Crippen LogP contribution in [0, 0.1) is 5.82 Å². The van der Waals surface area contributed by atoms with E-state index in [1.807, 2.05) is 0 Å². The van der Waals surface area contributed by atoms with Crippen molar-refractivity contribution in [2.24, 2.45) is 0 Å². The second-order valence-corrected chi connectivity index (χ2v) is 8.03. The van der Waals surface area contributed by atoms with Crippen LogP contribution in [0.5, 0.6) is 0 Å². The summed E-state index contributed by atoms with van der Waals surface area (Å²) in [5.41, 5.74) is 0.675. The molecule has 0 atom stereocenters. The largest absolute Gasteiger partial charge is 0.326 e. The Balaban J connectivity index is 2.01. The van der Waals surface area contributed by atoms with Gasteiger partial charge in [0.15, 0.2) is 5.78 Å². The number of nitrogens with zero attached hydrogens (tertiary/aromatic N) is 1. The van der Waals surface area contributed by atoms with Crippen LogP contribution in [0.15, 0.2) is 53.4 Å². The Kier molecular flexibility index (Phi) is 7.42. The van der Waals surface area contributed by atoms with E-state index in [-0.39, 0.29) is 23.5 Å². The Labute approximate surface area is 164 Å². The molecule has 28 heavy (non-hydrogen) atoms. The number of anilines is 1. The van der Waals surface area contributed by atoms with E-state index in [4.69, 9.17) is 0 Å². The molecule has 0 bridgehead atoms. The molecule has 150 valence electrons. The van der Waals surface area contributed by atoms with Crippen molar-refractivity contribution in [1.29, 1.82) is 0 Å². The fourth-order valence-corrected chi connectivity index (χ4v) is 4.18. The zero-order chi connectivity index (χ0) is 20.7. The number of ketones is 1. The molecule has 2 rings (SSSR count). The summed E-state index contributed by atoms with van der Waals surface area (Å²) < 4.78 is 39.4. The second kappa shape index (κ2) is 9.57. The van der Waals surface area contributed by atoms with Crippen molar-refractivity contribution in [3.8, 4) is 0 Å². The van der Waals surface area contributed by atoms with Gasteiger partial charge in [-0.1, -0.05) is 19.9 Å². The van der Waals surface area contributed by atoms with Gasteiger partial charge in [-0.25, -0.2) is 12.8 Å². The van der Waals surface area contributed by atoms with E-state index in [9.17, 15) is 22.4 Å². The molecule has 0 aliphatic heterocycles. The topological polar surface area (TPSA) is 83.6 Å². The smallest absolute Gasteiger partial charge is 0.243 e. The molecule has 0 spiro atoms. The minimum atomic E-state index is -3.63. The normalized spacial score (nSPS) is 11.4. The summed E-state index contributed by atoms with van der Waals surface area (Å²) in [6.07, 6.45) is -0.0991. The molecule has 1 amide bonds. The van der Waals surface area contributed by atoms with Gasteiger partial charge in [-0.3, -0.25) is 9.59 Å². The Bertz CT molecular complexity index is 939. The summed E-state index contributed by atoms with van der Waals surface area (Å²) in [4.78, 5) is 24.3. The number of carbonyl (C=O) groups excluding carboxylic acids is 2. The van der Waals surface area contributed by atoms with Crippen LogP contribution in [-0.4, -0.2) is 37.5 Å². The highest BCUT2D eigenvalue weighted by Crippen LogP contribution is 2.20. The Morgan fingerprint density at radius 3 is 2.25 bits per heavy atom. The number of amides is 1. The first-order valence-corrected chi connectivity index (χ1v) is 10.4. The maximum absolute atomic E-state index is 12.9. The first kappa shape index (κ1) is 21.7. The number of halogens is 1. The van der Waals surface area contributed by atoms with Crippen molar-refractivity contribution < 1.29 is 22.4 Å². The lowest BCUT2D eigenvalue weighted by molar-refractivity contribution is -0.116. The van der Waals surface area contributed by atoms with Gasteiger partial charge >= 0.3 is 0 Å². The number of benzene rings is 2. The van der Waals surface area contributed by atoms with Gasteiger partial charge in [-0.15, -0.1) is 0 Å². The number of hydrogen-bond acceptors (Lipinski definition) is 4. The summed E-state index contributed by atoms with van der Waals surface area (Å²) in [5, 5.41) is 2.61. The molecule has 0 unspecified atom stereocenters. The highest BCUT2D eigenvalue weighted by Gasteiger charge is 2.21. The lowest BCUT2D eigenvalue weighted by Gasteiger charge is -2.18. The van der Waals surface area contributed by atoms with Gasteiger partial charge in [0.2, 0.25) is 15.9 Å². The molecule has 0 saturated heterocycles. The molecule has 0 saturated carbocycles. The first-order chi connectivity index (χ1) is 13.3. The van der Waals surface area contributed by atoms with Crippen molar-refractivity contribution in [3.63, 3.8) is 0 Å². The van der Waals surface area contributed by atoms with Crippen LogP contribution in [0.1, 0.15) is 37.0 Å². The number of carbonyl (C=O) groups is 2. The van der Waals surface area contributed by atoms with Crippen molar-refractivity contribution in [2.45, 2.75) is 31.6 Å². The molecule has 1 N–H and O–H groups in total. The van der Waals surface area contributed by atoms with Crippen LogP contribution in [0.3, 0.4) is 0 Å². The van der Waals surface area contributed by atoms with E-state index in [2.05, 4.69) is 5.32 Å². The molecule has 2 aromatic carbocycles. The lowest BCUT2D eigenvalue weighted by Crippen LogP contribution is -2.30. The zero-order valence-corrected chi connectivity index (χ0v) is 16.6. The van der Waals surface area contributed by atoms with Gasteiger partial charge in [0.25, 0.3) is 0 Å². The van der Waals surface area contributed by atoms with E-state index in [0.29, 0.717) is 24.3 Å². The highest BCUT2D eigenvalue weighted by atomic mass is 32.2. The molecule has 8 heteroatoms. The van der Waals surface area contributed by atoms with Gasteiger partial charge in [0.05, 0.1) is 4.90 Å². The Morgan fingerprint density at radius 1 is 1.00 bits per heavy atom. The van der Waals surface area contributed by atoms with Crippen LogP contribution >= 0.6 is 0 Å². The molecule has 0 aliphatic carbocycles. The fraction of sp³-hybridized carbons (Fsp3) is 0.300. The molecule has 0 radical (unpaired) electrons. The number of Topliss-reactive ketones (excluding diaryl/α,β-unsaturated/α-hetero) is 1. The summed E-state index contributed by atoms with van der Waals surface area (Å²) in [5.74, 6) is -1.12. The molecule has 2 aromatic rings. The first-order valence-electron chi connectivity index (χ1n) is 8.96. The molecule has 0 heterocycles. The van der Waals surface area contributed by atoms with Crippen molar-refractivity contribution >= 4 is 27.4 Å². The third kappa shape index (κ3) is 5.46. The molecular formula is C20H23FN2O4S. The second-order valence-electron chi connectivity index (χ2n) is 6.10. The molecule has 0 aromatic heterocycles. The number of sulfonamides is 1. The van der Waals surface area contributed by atoms with Crippen LogP contribution in [-0.2, 0) is 14.8 Å². The fourth-order valence-electron chi connectivity index (χ4n) is 2.68. The Hall–Kier alpha value is -2.58. The van der Waals surface area contributed by atoms with Gasteiger partial charge in [0.1, 0.15) is 5.82 Å². The summed E-state index contributed by atoms with van der Waals surface area (Å²) in [6.45, 7) is 4.21. The van der Waals surface area contributed by atoms with E-state index in [0.717, 1.165) is 0 Å². The minimum absolute atomic E-state index is 0.0328. The zero-order valence-electron chi connectivity index (χ0n) is 15.8. The molecule has 6 nitrogen and oxygen atoms in total. The monoisotopic (exact) mass is 406 g/mol. The van der Waals surface area contributed by atoms with Crippen molar-refractivity contribution in [1.82, 2.24) is 4.31 Å². The predicted octanol–water partition coefficient (Wildman–Crippen LogP) is 3.46. The van der Waals surface area contributed by atoms with E-state index >= 15 is 0 Å². The molecular weight excluding hydrogens is 383 g/mol. The van der Waals surface area contributed by atoms with E-state index < -0.39 is 21.7 Å². The van der Waals surface area contributed by atoms with Crippen LogP contribution < -0.4 is 5.32 Å². The van der Waals surface area contributed by atoms with Gasteiger partial charge in [0, 0.05) is 37.2 Å². The maximum Gasteiger partial charge on any atom is 0.243 e. The SMILES string of the molecule is CCN(CC)S(=O)(=O)c1cccc(NC(=O)CCC(=O)c2ccc(F)cc2)c1. The summed E-state index contributed by atoms with van der Waals surface area (Å²) >= 11 is 0. The van der Waals surface area contributed by atoms with Crippen LogP contribution in [0.4, 0.5) is 10.1 Å². The minimum Gasteiger partial charge on any atom is -0.326 e. The third-order valence-corrected chi connectivity index (χ3v) is 6.25. The average molecular weight is 406 g/mol. The standard InChI is InChI=1S/C20H23FN2O4S/c1-3-23(4-2)28(26,27)18-7-5-6-17(14-18)22-20(25)13-12-19(24)15-8-10-16(21)11-9-15/h5-11,14H,3-4,12-13H2,1-2H3,(H,22,25). The maximum atomic E-state index is 12.9. The summed E-state index contributed by atoms with van der Waals surface area (Å²) in [6, 6.07) is 11.1. The summed E-state index contributed by atoms with van der Waals surface area (Å²) in [7, 11) is -3.63. The van der Waals surface area contributed by atoms with Crippen LogP contribution in [0.25, 0.3) is 0 Å². The van der Waals surface area contributed by atoms with Gasteiger partial charge in [-0.05, 0) is 42.5 Å². The molecule has 0 fully saturated rings. The van der Waals surface area contributed by atoms with Crippen molar-refractivity contribution in [2.75, 3.05) is 18.4 Å². The quantitative estimate of drug-likeness (QED) is 0.647. The Morgan fingerprint density at radius 2 is 1.64 bits per heavy atom. The van der Waals surface area contributed by atoms with Crippen LogP contribution in [0.2, 0.25) is 0 Å². The van der Waals surface area contributed by atoms with E-state index in [1.54, 1.807) is 26.0 Å². The lowest BCUT2D eigenvalue weighted by atomic mass is 10.1. The number of nitrogens with one attached hydrogen (secondary N) is 1. The predicted molar refractivity (Wildman–Crippen MR) is 105 cm³/mol. The highest BCUT2D eigenvalue weighted by molar-refractivity contribution is 7.89. The molecule has 0 aliphatic rings. The van der Waals surface area contributed by atoms with Crippen molar-refractivity contribution in [3.05, 3.63) is 59.9 Å². The number of rotatable bonds is 9. The average Bonchev–Trinajstić information content (AvgIpc) is 2.67.